The molecule has 2 amide bonds. The number of pyridine rings is 1. The Hall–Kier alpha value is -4.60. The number of ether oxygens (including phenoxy) is 1. The molecule has 4 aromatic rings. The number of tetrazole rings is 1. The summed E-state index contributed by atoms with van der Waals surface area (Å²) in [5.74, 6) is 0.678. The lowest BCUT2D eigenvalue weighted by Crippen LogP contribution is -2.28. The summed E-state index contributed by atoms with van der Waals surface area (Å²) in [4.78, 5) is 29.6. The van der Waals surface area contributed by atoms with Gasteiger partial charge in [0, 0.05) is 35.8 Å². The van der Waals surface area contributed by atoms with E-state index in [1.165, 1.54) is 4.80 Å². The molecule has 2 N–H and O–H groups in total. The Labute approximate surface area is 189 Å². The van der Waals surface area contributed by atoms with Crippen LogP contribution in [0.25, 0.3) is 11.4 Å². The van der Waals surface area contributed by atoms with Crippen molar-refractivity contribution in [3.63, 3.8) is 0 Å². The third-order valence-electron chi connectivity index (χ3n) is 4.73. The first-order chi connectivity index (χ1) is 16.1. The van der Waals surface area contributed by atoms with Crippen LogP contribution >= 0.6 is 0 Å². The second kappa shape index (κ2) is 10.1. The van der Waals surface area contributed by atoms with Crippen molar-refractivity contribution in [2.45, 2.75) is 13.1 Å². The minimum atomic E-state index is -0.232. The Balaban J connectivity index is 1.31. The molecule has 2 heterocycles. The van der Waals surface area contributed by atoms with Gasteiger partial charge < -0.3 is 15.4 Å². The summed E-state index contributed by atoms with van der Waals surface area (Å²) in [6.07, 6.45) is 3.12. The predicted octanol–water partition coefficient (Wildman–Crippen LogP) is 2.31. The average molecular weight is 443 g/mol. The number of hydrogen-bond donors (Lipinski definition) is 2. The molecular weight excluding hydrogens is 422 g/mol. The fraction of sp³-hybridized carbons (Fsp3) is 0.130. The molecule has 0 radical (unpaired) electrons. The van der Waals surface area contributed by atoms with Gasteiger partial charge in [-0.15, -0.1) is 10.2 Å². The Morgan fingerprint density at radius 2 is 1.70 bits per heavy atom. The van der Waals surface area contributed by atoms with E-state index in [2.05, 4.69) is 31.0 Å². The fourth-order valence-corrected chi connectivity index (χ4v) is 2.96. The van der Waals surface area contributed by atoms with Gasteiger partial charge in [-0.3, -0.25) is 14.6 Å². The number of hydrogen-bond acceptors (Lipinski definition) is 7. The molecule has 10 heteroatoms. The number of carbonyl (C=O) groups is 2. The fourth-order valence-electron chi connectivity index (χ4n) is 2.96. The summed E-state index contributed by atoms with van der Waals surface area (Å²) >= 11 is 0. The van der Waals surface area contributed by atoms with Gasteiger partial charge in [0.05, 0.1) is 7.11 Å². The van der Waals surface area contributed by atoms with Crippen LogP contribution in [0.5, 0.6) is 5.75 Å². The molecule has 33 heavy (non-hydrogen) atoms. The molecule has 0 aliphatic heterocycles. The molecule has 0 aliphatic carbocycles. The number of aromatic nitrogens is 5. The number of nitrogens with one attached hydrogen (secondary N) is 2. The zero-order valence-corrected chi connectivity index (χ0v) is 17.8. The molecule has 0 unspecified atom stereocenters. The summed E-state index contributed by atoms with van der Waals surface area (Å²) in [5, 5.41) is 17.8. The number of benzene rings is 2. The van der Waals surface area contributed by atoms with Crippen molar-refractivity contribution in [1.82, 2.24) is 30.5 Å². The van der Waals surface area contributed by atoms with Gasteiger partial charge in [-0.2, -0.15) is 4.80 Å². The molecule has 2 aromatic heterocycles. The maximum Gasteiger partial charge on any atom is 0.255 e. The summed E-state index contributed by atoms with van der Waals surface area (Å²) in [5.41, 5.74) is 2.81. The van der Waals surface area contributed by atoms with Crippen molar-refractivity contribution in [1.29, 1.82) is 0 Å². The maximum atomic E-state index is 12.2. The van der Waals surface area contributed by atoms with Gasteiger partial charge in [-0.05, 0) is 59.3 Å². The van der Waals surface area contributed by atoms with E-state index in [9.17, 15) is 9.59 Å². The highest BCUT2D eigenvalue weighted by molar-refractivity contribution is 6.04. The lowest BCUT2D eigenvalue weighted by Gasteiger charge is -2.06. The lowest BCUT2D eigenvalue weighted by atomic mass is 10.2. The lowest BCUT2D eigenvalue weighted by molar-refractivity contribution is -0.122. The second-order valence-electron chi connectivity index (χ2n) is 7.04. The monoisotopic (exact) mass is 443 g/mol. The highest BCUT2D eigenvalue weighted by Gasteiger charge is 2.10. The minimum absolute atomic E-state index is 0.0524. The summed E-state index contributed by atoms with van der Waals surface area (Å²) in [6, 6.07) is 17.7. The number of anilines is 1. The van der Waals surface area contributed by atoms with Crippen LogP contribution in [0.15, 0.2) is 73.1 Å². The normalized spacial score (nSPS) is 10.5. The number of amides is 2. The number of methoxy groups -OCH3 is 1. The van der Waals surface area contributed by atoms with E-state index in [0.29, 0.717) is 29.2 Å². The van der Waals surface area contributed by atoms with E-state index >= 15 is 0 Å². The highest BCUT2D eigenvalue weighted by Crippen LogP contribution is 2.18. The molecule has 0 spiro atoms. The van der Waals surface area contributed by atoms with Crippen LogP contribution < -0.4 is 15.4 Å². The molecule has 0 bridgehead atoms. The summed E-state index contributed by atoms with van der Waals surface area (Å²) < 4.78 is 5.12. The minimum Gasteiger partial charge on any atom is -0.497 e. The molecule has 0 saturated heterocycles. The van der Waals surface area contributed by atoms with Crippen LogP contribution in [0.2, 0.25) is 0 Å². The van der Waals surface area contributed by atoms with Gasteiger partial charge in [0.1, 0.15) is 12.3 Å². The van der Waals surface area contributed by atoms with Crippen molar-refractivity contribution in [3.8, 4) is 17.1 Å². The molecule has 0 atom stereocenters. The molecule has 10 nitrogen and oxygen atoms in total. The van der Waals surface area contributed by atoms with Crippen LogP contribution in [-0.4, -0.2) is 44.1 Å². The molecule has 2 aromatic carbocycles. The Morgan fingerprint density at radius 1 is 0.970 bits per heavy atom. The topological polar surface area (TPSA) is 124 Å². The third kappa shape index (κ3) is 5.76. The van der Waals surface area contributed by atoms with Crippen LogP contribution in [0.3, 0.4) is 0 Å². The van der Waals surface area contributed by atoms with Crippen molar-refractivity contribution >= 4 is 17.5 Å². The van der Waals surface area contributed by atoms with Crippen molar-refractivity contribution in [3.05, 3.63) is 84.2 Å². The Bertz CT molecular complexity index is 1220. The van der Waals surface area contributed by atoms with Crippen molar-refractivity contribution in [2.75, 3.05) is 12.4 Å². The Kier molecular flexibility index (Phi) is 6.64. The SMILES string of the molecule is COc1ccc(CNC(=O)Cn2nnc(-c3ccc(NC(=O)c4ccncc4)cc3)n2)cc1. The Morgan fingerprint density at radius 3 is 2.39 bits per heavy atom. The standard InChI is InChI=1S/C23H21N7O3/c1-33-20-8-2-16(3-9-20)14-25-21(31)15-30-28-22(27-29-30)17-4-6-19(7-5-17)26-23(32)18-10-12-24-13-11-18/h2-13H,14-15H2,1H3,(H,25,31)(H,26,32). The number of carbonyl (C=O) groups excluding carboxylic acids is 2. The van der Waals surface area contributed by atoms with Gasteiger partial charge in [0.2, 0.25) is 11.7 Å². The molecule has 0 fully saturated rings. The molecule has 0 aliphatic rings. The van der Waals surface area contributed by atoms with Gasteiger partial charge >= 0.3 is 0 Å². The van der Waals surface area contributed by atoms with E-state index in [1.54, 1.807) is 55.9 Å². The van der Waals surface area contributed by atoms with Gasteiger partial charge in [0.25, 0.3) is 5.91 Å². The second-order valence-corrected chi connectivity index (χ2v) is 7.04. The zero-order valence-electron chi connectivity index (χ0n) is 17.8. The quantitative estimate of drug-likeness (QED) is 0.428. The van der Waals surface area contributed by atoms with Gasteiger partial charge in [-0.25, -0.2) is 0 Å². The number of rotatable bonds is 8. The van der Waals surface area contributed by atoms with Crippen molar-refractivity contribution in [2.24, 2.45) is 0 Å². The molecule has 4 rings (SSSR count). The van der Waals surface area contributed by atoms with Crippen molar-refractivity contribution < 1.29 is 14.3 Å². The van der Waals surface area contributed by atoms with E-state index in [-0.39, 0.29) is 18.4 Å². The summed E-state index contributed by atoms with van der Waals surface area (Å²) in [6.45, 7) is 0.334. The van der Waals surface area contributed by atoms with Crippen LogP contribution in [-0.2, 0) is 17.9 Å². The smallest absolute Gasteiger partial charge is 0.255 e. The highest BCUT2D eigenvalue weighted by atomic mass is 16.5. The average Bonchev–Trinajstić information content (AvgIpc) is 3.32. The molecule has 0 saturated carbocycles. The van der Waals surface area contributed by atoms with Gasteiger partial charge in [-0.1, -0.05) is 12.1 Å². The van der Waals surface area contributed by atoms with E-state index < -0.39 is 0 Å². The molecule has 166 valence electrons. The third-order valence-corrected chi connectivity index (χ3v) is 4.73. The first-order valence-electron chi connectivity index (χ1n) is 10.1. The van der Waals surface area contributed by atoms with Crippen LogP contribution in [0, 0.1) is 0 Å². The number of nitrogens with zero attached hydrogens (tertiary/aromatic N) is 5. The maximum absolute atomic E-state index is 12.2. The first-order valence-corrected chi connectivity index (χ1v) is 10.1. The largest absolute Gasteiger partial charge is 0.497 e. The van der Waals surface area contributed by atoms with Gasteiger partial charge in [0.15, 0.2) is 0 Å². The van der Waals surface area contributed by atoms with E-state index in [1.807, 2.05) is 24.3 Å². The first kappa shape index (κ1) is 21.6. The van der Waals surface area contributed by atoms with E-state index in [4.69, 9.17) is 4.74 Å². The predicted molar refractivity (Wildman–Crippen MR) is 120 cm³/mol. The zero-order chi connectivity index (χ0) is 23.0. The van der Waals surface area contributed by atoms with Crippen LogP contribution in [0.4, 0.5) is 5.69 Å². The van der Waals surface area contributed by atoms with E-state index in [0.717, 1.165) is 11.3 Å². The molecular formula is C23H21N7O3. The van der Waals surface area contributed by atoms with Crippen LogP contribution in [0.1, 0.15) is 15.9 Å². The summed E-state index contributed by atoms with van der Waals surface area (Å²) in [7, 11) is 1.60.